The molecule has 3 heteroatoms. The van der Waals surface area contributed by atoms with E-state index in [9.17, 15) is 13.9 Å². The molecule has 29 heavy (non-hydrogen) atoms. The average molecular weight is 403 g/mol. The molecule has 0 saturated heterocycles. The van der Waals surface area contributed by atoms with Gasteiger partial charge in [-0.1, -0.05) is 60.6 Å². The Bertz CT molecular complexity index is 811. The highest BCUT2D eigenvalue weighted by atomic mass is 19.1. The van der Waals surface area contributed by atoms with Gasteiger partial charge >= 0.3 is 0 Å². The number of aryl methyl sites for hydroxylation is 2. The molecule has 0 heterocycles. The van der Waals surface area contributed by atoms with Gasteiger partial charge in [0.05, 0.1) is 0 Å². The molecule has 2 aromatic carbocycles. The van der Waals surface area contributed by atoms with E-state index in [4.69, 9.17) is 0 Å². The van der Waals surface area contributed by atoms with E-state index < -0.39 is 11.6 Å². The molecule has 0 spiro atoms. The van der Waals surface area contributed by atoms with Gasteiger partial charge in [-0.05, 0) is 77.3 Å². The van der Waals surface area contributed by atoms with Crippen molar-refractivity contribution in [2.45, 2.75) is 85.5 Å². The SMILES string of the molecule is Cc1cc(F)c(CC(C)CCc2cc(C(C)(C)C)c(O)c(C(C)(C)C)c2)c(F)c1. The van der Waals surface area contributed by atoms with Crippen LogP contribution in [0.3, 0.4) is 0 Å². The summed E-state index contributed by atoms with van der Waals surface area (Å²) in [5, 5.41) is 10.9. The van der Waals surface area contributed by atoms with Gasteiger partial charge in [-0.3, -0.25) is 0 Å². The number of benzene rings is 2. The Morgan fingerprint density at radius 3 is 1.72 bits per heavy atom. The van der Waals surface area contributed by atoms with Crippen LogP contribution in [0.4, 0.5) is 8.78 Å². The first-order valence-corrected chi connectivity index (χ1v) is 10.5. The van der Waals surface area contributed by atoms with Crippen molar-refractivity contribution in [2.24, 2.45) is 5.92 Å². The number of aromatic hydroxyl groups is 1. The lowest BCUT2D eigenvalue weighted by Gasteiger charge is -2.28. The third-order valence-corrected chi connectivity index (χ3v) is 5.55. The Balaban J connectivity index is 2.24. The fourth-order valence-electron chi connectivity index (χ4n) is 3.77. The van der Waals surface area contributed by atoms with E-state index in [0.717, 1.165) is 29.5 Å². The minimum absolute atomic E-state index is 0.145. The third kappa shape index (κ3) is 5.81. The van der Waals surface area contributed by atoms with Crippen LogP contribution in [0, 0.1) is 24.5 Å². The van der Waals surface area contributed by atoms with Crippen molar-refractivity contribution in [3.63, 3.8) is 0 Å². The number of hydrogen-bond donors (Lipinski definition) is 1. The molecule has 0 aromatic heterocycles. The van der Waals surface area contributed by atoms with Crippen LogP contribution in [-0.2, 0) is 23.7 Å². The first-order chi connectivity index (χ1) is 13.2. The zero-order chi connectivity index (χ0) is 22.1. The summed E-state index contributed by atoms with van der Waals surface area (Å²) in [5.41, 5.74) is 3.50. The van der Waals surface area contributed by atoms with Crippen LogP contribution < -0.4 is 0 Å². The van der Waals surface area contributed by atoms with Crippen molar-refractivity contribution < 1.29 is 13.9 Å². The van der Waals surface area contributed by atoms with Crippen molar-refractivity contribution in [3.8, 4) is 5.75 Å². The minimum atomic E-state index is -0.455. The van der Waals surface area contributed by atoms with Gasteiger partial charge in [0.15, 0.2) is 0 Å². The molecule has 0 saturated carbocycles. The second-order valence-corrected chi connectivity index (χ2v) is 10.6. The van der Waals surface area contributed by atoms with Crippen LogP contribution in [0.25, 0.3) is 0 Å². The summed E-state index contributed by atoms with van der Waals surface area (Å²) >= 11 is 0. The van der Waals surface area contributed by atoms with Crippen LogP contribution >= 0.6 is 0 Å². The molecule has 2 aromatic rings. The molecule has 160 valence electrons. The van der Waals surface area contributed by atoms with E-state index in [1.807, 2.05) is 6.92 Å². The molecule has 1 atom stereocenters. The van der Waals surface area contributed by atoms with Crippen molar-refractivity contribution in [1.82, 2.24) is 0 Å². The van der Waals surface area contributed by atoms with Gasteiger partial charge in [-0.2, -0.15) is 0 Å². The molecule has 0 bridgehead atoms. The summed E-state index contributed by atoms with van der Waals surface area (Å²) < 4.78 is 28.4. The number of hydrogen-bond acceptors (Lipinski definition) is 1. The highest BCUT2D eigenvalue weighted by Crippen LogP contribution is 2.40. The minimum Gasteiger partial charge on any atom is -0.507 e. The lowest BCUT2D eigenvalue weighted by Crippen LogP contribution is -2.18. The maximum absolute atomic E-state index is 14.2. The predicted molar refractivity (Wildman–Crippen MR) is 118 cm³/mol. The normalized spacial score (nSPS) is 13.6. The Morgan fingerprint density at radius 1 is 0.862 bits per heavy atom. The second kappa shape index (κ2) is 8.45. The summed E-state index contributed by atoms with van der Waals surface area (Å²) in [5.74, 6) is -0.384. The molecule has 1 nitrogen and oxygen atoms in total. The Hall–Kier alpha value is -1.90. The molecule has 0 aliphatic heterocycles. The topological polar surface area (TPSA) is 20.2 Å². The van der Waals surface area contributed by atoms with Gasteiger partial charge < -0.3 is 5.11 Å². The van der Waals surface area contributed by atoms with Crippen LogP contribution in [0.15, 0.2) is 24.3 Å². The molecule has 0 radical (unpaired) electrons. The maximum atomic E-state index is 14.2. The number of phenolic OH excluding ortho intramolecular Hbond substituents is 1. The molecule has 0 fully saturated rings. The van der Waals surface area contributed by atoms with Gasteiger partial charge in [0, 0.05) is 5.56 Å². The summed E-state index contributed by atoms with van der Waals surface area (Å²) in [6, 6.07) is 6.97. The van der Waals surface area contributed by atoms with E-state index in [2.05, 4.69) is 53.7 Å². The highest BCUT2D eigenvalue weighted by molar-refractivity contribution is 5.50. The molecular weight excluding hydrogens is 366 g/mol. The van der Waals surface area contributed by atoms with Gasteiger partial charge in [0.25, 0.3) is 0 Å². The van der Waals surface area contributed by atoms with E-state index >= 15 is 0 Å². The Morgan fingerprint density at radius 2 is 1.31 bits per heavy atom. The maximum Gasteiger partial charge on any atom is 0.129 e. The van der Waals surface area contributed by atoms with E-state index in [-0.39, 0.29) is 22.3 Å². The van der Waals surface area contributed by atoms with Gasteiger partial charge in [0.1, 0.15) is 17.4 Å². The molecule has 2 rings (SSSR count). The zero-order valence-electron chi connectivity index (χ0n) is 19.2. The number of phenols is 1. The van der Waals surface area contributed by atoms with E-state index in [0.29, 0.717) is 17.7 Å². The van der Waals surface area contributed by atoms with E-state index in [1.54, 1.807) is 6.92 Å². The van der Waals surface area contributed by atoms with Crippen molar-refractivity contribution >= 4 is 0 Å². The van der Waals surface area contributed by atoms with E-state index in [1.165, 1.54) is 12.1 Å². The molecule has 1 unspecified atom stereocenters. The standard InChI is InChI=1S/C26H36F2O/c1-16(11-19-22(27)12-17(2)13-23(19)28)9-10-18-14-20(25(3,4)5)24(29)21(15-18)26(6,7)8/h12-16,29H,9-11H2,1-8H3. The Kier molecular flexibility index (Phi) is 6.82. The fraction of sp³-hybridized carbons (Fsp3) is 0.538. The Labute approximate surface area is 175 Å². The highest BCUT2D eigenvalue weighted by Gasteiger charge is 2.26. The number of rotatable bonds is 5. The van der Waals surface area contributed by atoms with Crippen LogP contribution in [0.1, 0.15) is 82.7 Å². The largest absolute Gasteiger partial charge is 0.507 e. The number of halogens is 2. The molecule has 0 aliphatic carbocycles. The first-order valence-electron chi connectivity index (χ1n) is 10.5. The van der Waals surface area contributed by atoms with Gasteiger partial charge in [-0.25, -0.2) is 8.78 Å². The quantitative estimate of drug-likeness (QED) is 0.553. The predicted octanol–water partition coefficient (Wildman–Crippen LogP) is 7.39. The van der Waals surface area contributed by atoms with Crippen LogP contribution in [-0.4, -0.2) is 5.11 Å². The summed E-state index contributed by atoms with van der Waals surface area (Å²) in [7, 11) is 0. The average Bonchev–Trinajstić information content (AvgIpc) is 2.55. The monoisotopic (exact) mass is 402 g/mol. The molecule has 0 aliphatic rings. The lowest BCUT2D eigenvalue weighted by atomic mass is 9.78. The summed E-state index contributed by atoms with van der Waals surface area (Å²) in [6.45, 7) is 16.3. The van der Waals surface area contributed by atoms with Crippen molar-refractivity contribution in [3.05, 3.63) is 63.7 Å². The van der Waals surface area contributed by atoms with Crippen LogP contribution in [0.5, 0.6) is 5.75 Å². The van der Waals surface area contributed by atoms with Crippen molar-refractivity contribution in [2.75, 3.05) is 0 Å². The fourth-order valence-corrected chi connectivity index (χ4v) is 3.77. The molecule has 0 amide bonds. The lowest BCUT2D eigenvalue weighted by molar-refractivity contribution is 0.422. The van der Waals surface area contributed by atoms with Gasteiger partial charge in [-0.15, -0.1) is 0 Å². The third-order valence-electron chi connectivity index (χ3n) is 5.55. The smallest absolute Gasteiger partial charge is 0.129 e. The zero-order valence-corrected chi connectivity index (χ0v) is 19.2. The molecular formula is C26H36F2O. The first kappa shape index (κ1) is 23.4. The van der Waals surface area contributed by atoms with Crippen LogP contribution in [0.2, 0.25) is 0 Å². The summed E-state index contributed by atoms with van der Waals surface area (Å²) in [6.07, 6.45) is 2.02. The second-order valence-electron chi connectivity index (χ2n) is 10.6. The molecule has 1 N–H and O–H groups in total. The summed E-state index contributed by atoms with van der Waals surface area (Å²) in [4.78, 5) is 0. The van der Waals surface area contributed by atoms with Gasteiger partial charge in [0.2, 0.25) is 0 Å². The van der Waals surface area contributed by atoms with Crippen molar-refractivity contribution in [1.29, 1.82) is 0 Å².